The lowest BCUT2D eigenvalue weighted by Crippen LogP contribution is -2.29. The van der Waals surface area contributed by atoms with Gasteiger partial charge in [0.1, 0.15) is 11.6 Å². The molecular weight excluding hydrogens is 385 g/mol. The van der Waals surface area contributed by atoms with Crippen LogP contribution in [0.25, 0.3) is 0 Å². The molecule has 30 heavy (non-hydrogen) atoms. The molecule has 0 aliphatic rings. The van der Waals surface area contributed by atoms with Gasteiger partial charge in [0.2, 0.25) is 5.91 Å². The average molecular weight is 405 g/mol. The third-order valence-electron chi connectivity index (χ3n) is 4.40. The van der Waals surface area contributed by atoms with E-state index in [4.69, 9.17) is 4.74 Å². The first-order chi connectivity index (χ1) is 14.4. The number of esters is 1. The van der Waals surface area contributed by atoms with E-state index in [-0.39, 0.29) is 23.9 Å². The Kier molecular flexibility index (Phi) is 6.70. The van der Waals surface area contributed by atoms with Gasteiger partial charge in [-0.25, -0.2) is 4.39 Å². The number of ether oxygens (including phenoxy) is 1. The fourth-order valence-electron chi connectivity index (χ4n) is 2.96. The highest BCUT2D eigenvalue weighted by Crippen LogP contribution is 2.20. The van der Waals surface area contributed by atoms with E-state index < -0.39 is 17.8 Å². The maximum atomic E-state index is 13.0. The summed E-state index contributed by atoms with van der Waals surface area (Å²) in [5.41, 5.74) is 1.55. The Morgan fingerprint density at radius 2 is 1.43 bits per heavy atom. The first-order valence-corrected chi connectivity index (χ1v) is 9.35. The van der Waals surface area contributed by atoms with Crippen LogP contribution in [0, 0.1) is 5.82 Å². The molecule has 3 rings (SSSR count). The van der Waals surface area contributed by atoms with E-state index in [1.165, 1.54) is 55.5 Å². The predicted octanol–water partition coefficient (Wildman–Crippen LogP) is 4.23. The third-order valence-corrected chi connectivity index (χ3v) is 4.40. The van der Waals surface area contributed by atoms with Gasteiger partial charge < -0.3 is 10.1 Å². The van der Waals surface area contributed by atoms with Crippen LogP contribution < -0.4 is 10.1 Å². The molecule has 1 N–H and O–H groups in total. The Morgan fingerprint density at radius 3 is 2.00 bits per heavy atom. The quantitative estimate of drug-likeness (QED) is 0.363. The molecule has 0 saturated carbocycles. The molecule has 5 nitrogen and oxygen atoms in total. The van der Waals surface area contributed by atoms with Crippen molar-refractivity contribution >= 4 is 17.7 Å². The lowest BCUT2D eigenvalue weighted by atomic mass is 10.0. The summed E-state index contributed by atoms with van der Waals surface area (Å²) in [5, 5.41) is 2.75. The van der Waals surface area contributed by atoms with Gasteiger partial charge in [-0.3, -0.25) is 14.4 Å². The minimum atomic E-state index is -0.518. The molecule has 3 aromatic rings. The predicted molar refractivity (Wildman–Crippen MR) is 110 cm³/mol. The lowest BCUT2D eigenvalue weighted by Gasteiger charge is -2.17. The Hall–Kier alpha value is -3.80. The van der Waals surface area contributed by atoms with E-state index in [1.54, 1.807) is 0 Å². The van der Waals surface area contributed by atoms with Crippen molar-refractivity contribution in [1.29, 1.82) is 0 Å². The molecule has 3 aromatic carbocycles. The van der Waals surface area contributed by atoms with Gasteiger partial charge in [-0.2, -0.15) is 0 Å². The van der Waals surface area contributed by atoms with Gasteiger partial charge in [0, 0.05) is 18.1 Å². The van der Waals surface area contributed by atoms with Crippen molar-refractivity contribution in [3.63, 3.8) is 0 Å². The number of ketones is 1. The number of carbonyl (C=O) groups is 3. The van der Waals surface area contributed by atoms with Crippen LogP contribution in [-0.4, -0.2) is 17.7 Å². The lowest BCUT2D eigenvalue weighted by molar-refractivity contribution is -0.135. The van der Waals surface area contributed by atoms with Crippen molar-refractivity contribution in [2.45, 2.75) is 19.4 Å². The van der Waals surface area contributed by atoms with E-state index in [0.29, 0.717) is 11.1 Å². The smallest absolute Gasteiger partial charge is 0.313 e. The van der Waals surface area contributed by atoms with Crippen LogP contribution in [0.4, 0.5) is 4.39 Å². The average Bonchev–Trinajstić information content (AvgIpc) is 2.74. The molecule has 1 unspecified atom stereocenters. The summed E-state index contributed by atoms with van der Waals surface area (Å²) in [7, 11) is 0. The van der Waals surface area contributed by atoms with E-state index >= 15 is 0 Å². The Morgan fingerprint density at radius 1 is 0.867 bits per heavy atom. The van der Waals surface area contributed by atoms with Crippen molar-refractivity contribution in [2.24, 2.45) is 0 Å². The zero-order chi connectivity index (χ0) is 21.5. The summed E-state index contributed by atoms with van der Waals surface area (Å²) in [6.45, 7) is 1.39. The number of hydrogen-bond donors (Lipinski definition) is 1. The number of halogens is 1. The number of nitrogens with one attached hydrogen (secondary N) is 1. The largest absolute Gasteiger partial charge is 0.426 e. The second-order valence-corrected chi connectivity index (χ2v) is 6.70. The van der Waals surface area contributed by atoms with E-state index in [9.17, 15) is 18.8 Å². The number of carbonyl (C=O) groups excluding carboxylic acids is 3. The minimum Gasteiger partial charge on any atom is -0.426 e. The minimum absolute atomic E-state index is 0.0418. The number of hydrogen-bond acceptors (Lipinski definition) is 4. The third kappa shape index (κ3) is 5.61. The molecular formula is C24H20FNO4. The van der Waals surface area contributed by atoms with Crippen LogP contribution in [-0.2, 0) is 9.59 Å². The Bertz CT molecular complexity index is 1030. The van der Waals surface area contributed by atoms with E-state index in [1.807, 2.05) is 30.3 Å². The normalized spacial score (nSPS) is 11.4. The van der Waals surface area contributed by atoms with Crippen molar-refractivity contribution in [3.8, 4) is 5.75 Å². The summed E-state index contributed by atoms with van der Waals surface area (Å²) in [4.78, 5) is 36.3. The summed E-state index contributed by atoms with van der Waals surface area (Å²) in [6, 6.07) is 20.0. The molecule has 1 amide bonds. The number of amides is 1. The highest BCUT2D eigenvalue weighted by Gasteiger charge is 2.18. The monoisotopic (exact) mass is 405 g/mol. The van der Waals surface area contributed by atoms with Crippen LogP contribution in [0.5, 0.6) is 5.75 Å². The van der Waals surface area contributed by atoms with Crippen LogP contribution in [0.1, 0.15) is 40.9 Å². The first-order valence-electron chi connectivity index (χ1n) is 9.35. The number of benzene rings is 3. The van der Waals surface area contributed by atoms with Gasteiger partial charge >= 0.3 is 5.97 Å². The van der Waals surface area contributed by atoms with Crippen molar-refractivity contribution < 1.29 is 23.5 Å². The molecule has 0 aliphatic heterocycles. The van der Waals surface area contributed by atoms with Gasteiger partial charge in [-0.15, -0.1) is 0 Å². The maximum absolute atomic E-state index is 13.0. The summed E-state index contributed by atoms with van der Waals surface area (Å²) in [5.74, 6) is -1.16. The molecule has 6 heteroatoms. The highest BCUT2D eigenvalue weighted by molar-refractivity contribution is 6.09. The molecule has 0 aliphatic carbocycles. The topological polar surface area (TPSA) is 72.5 Å². The molecule has 0 spiro atoms. The van der Waals surface area contributed by atoms with Crippen LogP contribution >= 0.6 is 0 Å². The number of rotatable bonds is 7. The summed E-state index contributed by atoms with van der Waals surface area (Å²) < 4.78 is 18.4. The van der Waals surface area contributed by atoms with Gasteiger partial charge in [0.05, 0.1) is 12.5 Å². The molecule has 1 atom stereocenters. The van der Waals surface area contributed by atoms with Crippen molar-refractivity contribution in [3.05, 3.63) is 101 Å². The SMILES string of the molecule is CC(=O)NC(CC(=O)Oc1ccc(C(=O)c2ccc(F)cc2)cc1)c1ccccc1. The van der Waals surface area contributed by atoms with Gasteiger partial charge in [0.15, 0.2) is 5.78 Å². The highest BCUT2D eigenvalue weighted by atomic mass is 19.1. The second kappa shape index (κ2) is 9.60. The summed E-state index contributed by atoms with van der Waals surface area (Å²) >= 11 is 0. The zero-order valence-corrected chi connectivity index (χ0v) is 16.3. The zero-order valence-electron chi connectivity index (χ0n) is 16.3. The molecule has 0 aromatic heterocycles. The van der Waals surface area contributed by atoms with Crippen LogP contribution in [0.15, 0.2) is 78.9 Å². The summed E-state index contributed by atoms with van der Waals surface area (Å²) in [6.07, 6.45) is -0.0418. The fraction of sp³-hybridized carbons (Fsp3) is 0.125. The molecule has 152 valence electrons. The van der Waals surface area contributed by atoms with Gasteiger partial charge in [-0.05, 0) is 54.1 Å². The Labute approximate surface area is 173 Å². The Balaban J connectivity index is 1.65. The second-order valence-electron chi connectivity index (χ2n) is 6.70. The van der Waals surface area contributed by atoms with Gasteiger partial charge in [-0.1, -0.05) is 30.3 Å². The first kappa shape index (κ1) is 20.9. The maximum Gasteiger partial charge on any atom is 0.313 e. The molecule has 0 saturated heterocycles. The molecule has 0 radical (unpaired) electrons. The molecule has 0 bridgehead atoms. The standard InChI is InChI=1S/C24H20FNO4/c1-16(27)26-22(17-5-3-2-4-6-17)15-23(28)30-21-13-9-19(10-14-21)24(29)18-7-11-20(25)12-8-18/h2-14,22H,15H2,1H3,(H,26,27). The van der Waals surface area contributed by atoms with Crippen LogP contribution in [0.3, 0.4) is 0 Å². The molecule has 0 heterocycles. The van der Waals surface area contributed by atoms with E-state index in [0.717, 1.165) is 5.56 Å². The van der Waals surface area contributed by atoms with E-state index in [2.05, 4.69) is 5.32 Å². The van der Waals surface area contributed by atoms with Crippen LogP contribution in [0.2, 0.25) is 0 Å². The van der Waals surface area contributed by atoms with Crippen molar-refractivity contribution in [2.75, 3.05) is 0 Å². The molecule has 0 fully saturated rings. The fourth-order valence-corrected chi connectivity index (χ4v) is 2.96. The van der Waals surface area contributed by atoms with Crippen molar-refractivity contribution in [1.82, 2.24) is 5.32 Å². The van der Waals surface area contributed by atoms with Gasteiger partial charge in [0.25, 0.3) is 0 Å².